The lowest BCUT2D eigenvalue weighted by atomic mass is 10.1. The fourth-order valence-electron chi connectivity index (χ4n) is 3.79. The summed E-state index contributed by atoms with van der Waals surface area (Å²) >= 11 is 0. The van der Waals surface area contributed by atoms with Gasteiger partial charge < -0.3 is 14.2 Å². The molecule has 3 aromatic rings. The molecule has 1 atom stereocenters. The van der Waals surface area contributed by atoms with Crippen LogP contribution in [0, 0.1) is 13.8 Å². The minimum atomic E-state index is -0.882. The summed E-state index contributed by atoms with van der Waals surface area (Å²) in [4.78, 5) is 36.4. The maximum Gasteiger partial charge on any atom is 0.305 e. The Balaban J connectivity index is 1.35. The van der Waals surface area contributed by atoms with Crippen molar-refractivity contribution < 1.29 is 28.6 Å². The number of fused-ring (bicyclic) bond motifs is 1. The van der Waals surface area contributed by atoms with Gasteiger partial charge in [0, 0.05) is 17.7 Å². The molecule has 2 amide bonds. The number of amides is 2. The number of methoxy groups -OCH3 is 1. The zero-order chi connectivity index (χ0) is 24.9. The molecule has 1 aromatic heterocycles. The second kappa shape index (κ2) is 10.3. The number of hydrogen-bond acceptors (Lipinski definition) is 7. The van der Waals surface area contributed by atoms with Gasteiger partial charge in [0.25, 0.3) is 11.8 Å². The Morgan fingerprint density at radius 2 is 1.77 bits per heavy atom. The summed E-state index contributed by atoms with van der Waals surface area (Å²) in [5, 5.41) is 4.57. The maximum absolute atomic E-state index is 12.5. The van der Waals surface area contributed by atoms with E-state index < -0.39 is 17.9 Å². The van der Waals surface area contributed by atoms with E-state index in [-0.39, 0.29) is 19.0 Å². The Morgan fingerprint density at radius 3 is 2.49 bits per heavy atom. The van der Waals surface area contributed by atoms with Gasteiger partial charge in [-0.1, -0.05) is 12.1 Å². The van der Waals surface area contributed by atoms with Crippen LogP contribution in [0.3, 0.4) is 0 Å². The number of aryl methyl sites for hydroxylation is 1. The molecule has 2 heterocycles. The highest BCUT2D eigenvalue weighted by Crippen LogP contribution is 2.30. The third-order valence-electron chi connectivity index (χ3n) is 5.72. The molecule has 2 aromatic carbocycles. The summed E-state index contributed by atoms with van der Waals surface area (Å²) in [6, 6.07) is 13.8. The van der Waals surface area contributed by atoms with E-state index in [0.717, 1.165) is 22.6 Å². The Bertz CT molecular complexity index is 1250. The molecule has 0 saturated heterocycles. The SMILES string of the molecule is COC(=O)CCc1c(C)nn(-c2ccc(C(=O)NNC(=O)C3COc4ccccc4O3)cc2)c1C. The molecule has 182 valence electrons. The fraction of sp³-hybridized carbons (Fsp3) is 0.280. The van der Waals surface area contributed by atoms with Crippen molar-refractivity contribution >= 4 is 17.8 Å². The first kappa shape index (κ1) is 23.8. The number of carbonyl (C=O) groups excluding carboxylic acids is 3. The third-order valence-corrected chi connectivity index (χ3v) is 5.72. The fourth-order valence-corrected chi connectivity index (χ4v) is 3.79. The number of benzene rings is 2. The van der Waals surface area contributed by atoms with Crippen molar-refractivity contribution in [3.63, 3.8) is 0 Å². The van der Waals surface area contributed by atoms with Gasteiger partial charge in [-0.05, 0) is 62.2 Å². The second-order valence-electron chi connectivity index (χ2n) is 7.99. The molecule has 1 aliphatic rings. The van der Waals surface area contributed by atoms with Crippen LogP contribution in [0.15, 0.2) is 48.5 Å². The molecule has 0 fully saturated rings. The smallest absolute Gasteiger partial charge is 0.305 e. The van der Waals surface area contributed by atoms with Gasteiger partial charge in [-0.15, -0.1) is 0 Å². The average Bonchev–Trinajstić information content (AvgIpc) is 3.18. The molecule has 0 bridgehead atoms. The van der Waals surface area contributed by atoms with Gasteiger partial charge in [0.15, 0.2) is 11.5 Å². The summed E-state index contributed by atoms with van der Waals surface area (Å²) in [7, 11) is 1.37. The van der Waals surface area contributed by atoms with Crippen molar-refractivity contribution in [3.05, 3.63) is 71.0 Å². The van der Waals surface area contributed by atoms with Crippen molar-refractivity contribution in [1.82, 2.24) is 20.6 Å². The molecule has 4 rings (SSSR count). The van der Waals surface area contributed by atoms with Gasteiger partial charge >= 0.3 is 5.97 Å². The number of esters is 1. The Morgan fingerprint density at radius 1 is 1.06 bits per heavy atom. The third kappa shape index (κ3) is 5.26. The number of nitrogens with one attached hydrogen (secondary N) is 2. The van der Waals surface area contributed by atoms with Crippen LogP contribution in [0.4, 0.5) is 0 Å². The van der Waals surface area contributed by atoms with Crippen LogP contribution in [0.25, 0.3) is 5.69 Å². The first-order valence-corrected chi connectivity index (χ1v) is 11.1. The van der Waals surface area contributed by atoms with Gasteiger partial charge in [0.05, 0.1) is 18.5 Å². The predicted molar refractivity (Wildman–Crippen MR) is 125 cm³/mol. The Hall–Kier alpha value is -4.34. The Labute approximate surface area is 202 Å². The van der Waals surface area contributed by atoms with Crippen molar-refractivity contribution in [2.24, 2.45) is 0 Å². The van der Waals surface area contributed by atoms with E-state index in [2.05, 4.69) is 16.0 Å². The number of hydrogen-bond donors (Lipinski definition) is 2. The van der Waals surface area contributed by atoms with Crippen LogP contribution in [-0.4, -0.2) is 47.4 Å². The zero-order valence-electron chi connectivity index (χ0n) is 19.7. The largest absolute Gasteiger partial charge is 0.485 e. The normalized spacial score (nSPS) is 14.2. The van der Waals surface area contributed by atoms with E-state index in [1.165, 1.54) is 7.11 Å². The lowest BCUT2D eigenvalue weighted by molar-refractivity contribution is -0.140. The highest BCUT2D eigenvalue weighted by molar-refractivity contribution is 5.96. The van der Waals surface area contributed by atoms with Gasteiger partial charge in [-0.25, -0.2) is 4.68 Å². The van der Waals surface area contributed by atoms with Crippen molar-refractivity contribution in [3.8, 4) is 17.2 Å². The van der Waals surface area contributed by atoms with Crippen LogP contribution in [-0.2, 0) is 20.7 Å². The Kier molecular flexibility index (Phi) is 7.00. The summed E-state index contributed by atoms with van der Waals surface area (Å²) in [5.74, 6) is -0.232. The lowest BCUT2D eigenvalue weighted by Crippen LogP contribution is -2.50. The summed E-state index contributed by atoms with van der Waals surface area (Å²) < 4.78 is 17.6. The molecule has 10 nitrogen and oxygen atoms in total. The highest BCUT2D eigenvalue weighted by atomic mass is 16.6. The molecule has 0 radical (unpaired) electrons. The number of para-hydroxylation sites is 2. The first-order chi connectivity index (χ1) is 16.9. The maximum atomic E-state index is 12.5. The standard InChI is InChI=1S/C25H26N4O6/c1-15-19(12-13-23(30)33-3)16(2)29(28-15)18-10-8-17(9-11-18)24(31)26-27-25(32)22-14-34-20-6-4-5-7-21(20)35-22/h4-11,22H,12-14H2,1-3H3,(H,26,31)(H,27,32). The number of ether oxygens (including phenoxy) is 3. The minimum absolute atomic E-state index is 0.0394. The van der Waals surface area contributed by atoms with Crippen molar-refractivity contribution in [1.29, 1.82) is 0 Å². The van der Waals surface area contributed by atoms with E-state index in [0.29, 0.717) is 23.5 Å². The molecule has 35 heavy (non-hydrogen) atoms. The zero-order valence-corrected chi connectivity index (χ0v) is 19.7. The van der Waals surface area contributed by atoms with Crippen LogP contribution in [0.1, 0.15) is 33.7 Å². The lowest BCUT2D eigenvalue weighted by Gasteiger charge is -2.25. The molecule has 0 aliphatic carbocycles. The van der Waals surface area contributed by atoms with Crippen LogP contribution in [0.2, 0.25) is 0 Å². The van der Waals surface area contributed by atoms with Gasteiger partial charge in [-0.3, -0.25) is 25.2 Å². The summed E-state index contributed by atoms with van der Waals surface area (Å²) in [5.41, 5.74) is 8.61. The molecular weight excluding hydrogens is 452 g/mol. The molecule has 0 spiro atoms. The highest BCUT2D eigenvalue weighted by Gasteiger charge is 2.27. The molecule has 1 unspecified atom stereocenters. The molecular formula is C25H26N4O6. The quantitative estimate of drug-likeness (QED) is 0.412. The van der Waals surface area contributed by atoms with E-state index >= 15 is 0 Å². The van der Waals surface area contributed by atoms with E-state index in [4.69, 9.17) is 14.2 Å². The molecule has 10 heteroatoms. The number of hydrazine groups is 1. The number of aromatic nitrogens is 2. The number of nitrogens with zero attached hydrogens (tertiary/aromatic N) is 2. The number of carbonyl (C=O) groups is 3. The monoisotopic (exact) mass is 478 g/mol. The second-order valence-corrected chi connectivity index (χ2v) is 7.99. The van der Waals surface area contributed by atoms with E-state index in [9.17, 15) is 14.4 Å². The predicted octanol–water partition coefficient (Wildman–Crippen LogP) is 2.20. The van der Waals surface area contributed by atoms with Gasteiger partial charge in [0.1, 0.15) is 6.61 Å². The van der Waals surface area contributed by atoms with Crippen molar-refractivity contribution in [2.45, 2.75) is 32.8 Å². The van der Waals surface area contributed by atoms with Gasteiger partial charge in [-0.2, -0.15) is 5.10 Å². The number of rotatable bonds is 6. The van der Waals surface area contributed by atoms with Gasteiger partial charge in [0.2, 0.25) is 6.10 Å². The minimum Gasteiger partial charge on any atom is -0.485 e. The van der Waals surface area contributed by atoms with E-state index in [1.54, 1.807) is 47.1 Å². The summed E-state index contributed by atoms with van der Waals surface area (Å²) in [6.07, 6.45) is -0.0718. The van der Waals surface area contributed by atoms with E-state index in [1.807, 2.05) is 19.9 Å². The van der Waals surface area contributed by atoms with Crippen LogP contribution >= 0.6 is 0 Å². The molecule has 2 N–H and O–H groups in total. The molecule has 1 aliphatic heterocycles. The van der Waals surface area contributed by atoms with Crippen LogP contribution in [0.5, 0.6) is 11.5 Å². The molecule has 0 saturated carbocycles. The van der Waals surface area contributed by atoms with Crippen molar-refractivity contribution in [2.75, 3.05) is 13.7 Å². The first-order valence-electron chi connectivity index (χ1n) is 11.1. The van der Waals surface area contributed by atoms with Crippen LogP contribution < -0.4 is 20.3 Å². The summed E-state index contributed by atoms with van der Waals surface area (Å²) in [6.45, 7) is 3.86. The topological polar surface area (TPSA) is 121 Å². The average molecular weight is 479 g/mol.